The number of ketones is 1. The summed E-state index contributed by atoms with van der Waals surface area (Å²) in [4.78, 5) is 10.4. The number of rotatable bonds is 0. The van der Waals surface area contributed by atoms with E-state index in [2.05, 4.69) is 0 Å². The molecule has 0 aromatic heterocycles. The largest absolute Gasteiger partial charge is 0.360 e. The molecule has 0 aromatic carbocycles. The summed E-state index contributed by atoms with van der Waals surface area (Å²) in [5.41, 5.74) is -0.458. The van der Waals surface area contributed by atoms with Crippen molar-refractivity contribution in [3.63, 3.8) is 0 Å². The fraction of sp³-hybridized carbons (Fsp3) is 0.800. The molecule has 0 N–H and O–H groups in total. The van der Waals surface area contributed by atoms with E-state index in [1.165, 1.54) is 0 Å². The maximum absolute atomic E-state index is 10.4. The normalized spacial score (nSPS) is 26.9. The maximum atomic E-state index is 10.4. The Morgan fingerprint density at radius 2 is 2.14 bits per heavy atom. The van der Waals surface area contributed by atoms with Crippen molar-refractivity contribution in [2.75, 3.05) is 6.61 Å². The molecule has 1 rings (SSSR count). The second kappa shape index (κ2) is 1.07. The van der Waals surface area contributed by atoms with Crippen LogP contribution in [-0.2, 0) is 9.53 Å². The van der Waals surface area contributed by atoms with Gasteiger partial charge in [0.15, 0.2) is 5.78 Å². The molecule has 1 fully saturated rings. The molecule has 0 bridgehead atoms. The van der Waals surface area contributed by atoms with Crippen molar-refractivity contribution in [1.29, 1.82) is 0 Å². The maximum Gasteiger partial charge on any atom is 0.189 e. The lowest BCUT2D eigenvalue weighted by atomic mass is 9.99. The Hall–Kier alpha value is -0.370. The summed E-state index contributed by atoms with van der Waals surface area (Å²) in [5, 5.41) is 0. The van der Waals surface area contributed by atoms with Gasteiger partial charge in [-0.3, -0.25) is 4.79 Å². The van der Waals surface area contributed by atoms with E-state index in [0.717, 1.165) is 0 Å². The molecule has 0 saturated carbocycles. The highest BCUT2D eigenvalue weighted by Gasteiger charge is 2.37. The summed E-state index contributed by atoms with van der Waals surface area (Å²) < 4.78 is 4.88. The highest BCUT2D eigenvalue weighted by atomic mass is 16.5. The van der Waals surface area contributed by atoms with Gasteiger partial charge in [-0.1, -0.05) is 0 Å². The molecule has 2 nitrogen and oxygen atoms in total. The van der Waals surface area contributed by atoms with Crippen molar-refractivity contribution >= 4 is 5.78 Å². The zero-order valence-electron chi connectivity index (χ0n) is 4.52. The van der Waals surface area contributed by atoms with E-state index in [1.54, 1.807) is 13.8 Å². The summed E-state index contributed by atoms with van der Waals surface area (Å²) in [5.74, 6) is 0.201. The Kier molecular flexibility index (Phi) is 0.729. The Labute approximate surface area is 42.5 Å². The van der Waals surface area contributed by atoms with E-state index in [4.69, 9.17) is 4.74 Å². The minimum absolute atomic E-state index is 0.201. The third kappa shape index (κ3) is 0.548. The Morgan fingerprint density at radius 3 is 2.14 bits per heavy atom. The third-order valence-corrected chi connectivity index (χ3v) is 1.24. The first-order valence-electron chi connectivity index (χ1n) is 2.30. The van der Waals surface area contributed by atoms with E-state index in [0.29, 0.717) is 6.61 Å². The predicted molar refractivity (Wildman–Crippen MR) is 25.0 cm³/mol. The summed E-state index contributed by atoms with van der Waals surface area (Å²) in [6.45, 7) is 3.87. The first-order valence-corrected chi connectivity index (χ1v) is 2.30. The zero-order chi connectivity index (χ0) is 5.49. The van der Waals surface area contributed by atoms with Crippen LogP contribution in [0.4, 0.5) is 0 Å². The van der Waals surface area contributed by atoms with Crippen LogP contribution in [0.2, 0.25) is 0 Å². The van der Waals surface area contributed by atoms with Gasteiger partial charge in [-0.05, 0) is 13.8 Å². The van der Waals surface area contributed by atoms with Crippen LogP contribution in [0, 0.1) is 0 Å². The van der Waals surface area contributed by atoms with Crippen molar-refractivity contribution in [2.24, 2.45) is 0 Å². The first kappa shape index (κ1) is 4.78. The second-order valence-corrected chi connectivity index (χ2v) is 2.22. The standard InChI is InChI=1S/C5H8O2/c1-5(2)4(6)3-7-5/h3H2,1-2H3. The highest BCUT2D eigenvalue weighted by Crippen LogP contribution is 2.19. The van der Waals surface area contributed by atoms with Gasteiger partial charge in [-0.15, -0.1) is 0 Å². The fourth-order valence-electron chi connectivity index (χ4n) is 0.420. The monoisotopic (exact) mass is 100 g/mol. The van der Waals surface area contributed by atoms with Gasteiger partial charge in [0.1, 0.15) is 12.2 Å². The quantitative estimate of drug-likeness (QED) is 0.439. The van der Waals surface area contributed by atoms with Crippen molar-refractivity contribution in [3.05, 3.63) is 0 Å². The molecule has 1 saturated heterocycles. The molecule has 0 aliphatic carbocycles. The summed E-state index contributed by atoms with van der Waals surface area (Å²) >= 11 is 0. The molecular weight excluding hydrogens is 92.1 g/mol. The van der Waals surface area contributed by atoms with Crippen molar-refractivity contribution in [1.82, 2.24) is 0 Å². The molecule has 0 radical (unpaired) electrons. The lowest BCUT2D eigenvalue weighted by Gasteiger charge is -2.32. The van der Waals surface area contributed by atoms with E-state index < -0.39 is 5.60 Å². The van der Waals surface area contributed by atoms with E-state index in [1.807, 2.05) is 0 Å². The van der Waals surface area contributed by atoms with Gasteiger partial charge < -0.3 is 4.74 Å². The van der Waals surface area contributed by atoms with Crippen LogP contribution in [0.1, 0.15) is 13.8 Å². The Morgan fingerprint density at radius 1 is 1.71 bits per heavy atom. The molecule has 2 heteroatoms. The Balaban J connectivity index is 2.59. The SMILES string of the molecule is CC1(C)OCC1=O. The van der Waals surface area contributed by atoms with Crippen LogP contribution in [-0.4, -0.2) is 18.0 Å². The second-order valence-electron chi connectivity index (χ2n) is 2.22. The van der Waals surface area contributed by atoms with Gasteiger partial charge >= 0.3 is 0 Å². The topological polar surface area (TPSA) is 26.3 Å². The molecule has 1 aliphatic heterocycles. The number of hydrogen-bond acceptors (Lipinski definition) is 2. The number of carbonyl (C=O) groups is 1. The summed E-state index contributed by atoms with van der Waals surface area (Å²) in [6.07, 6.45) is 0. The molecule has 1 heterocycles. The van der Waals surface area contributed by atoms with Crippen LogP contribution < -0.4 is 0 Å². The van der Waals surface area contributed by atoms with E-state index >= 15 is 0 Å². The van der Waals surface area contributed by atoms with Gasteiger partial charge in [-0.25, -0.2) is 0 Å². The lowest BCUT2D eigenvalue weighted by molar-refractivity contribution is -0.171. The van der Waals surface area contributed by atoms with Crippen LogP contribution in [0.5, 0.6) is 0 Å². The van der Waals surface area contributed by atoms with Crippen LogP contribution >= 0.6 is 0 Å². The average molecular weight is 100 g/mol. The fourth-order valence-corrected chi connectivity index (χ4v) is 0.420. The van der Waals surface area contributed by atoms with Crippen LogP contribution in [0.25, 0.3) is 0 Å². The predicted octanol–water partition coefficient (Wildman–Crippen LogP) is 0.364. The minimum Gasteiger partial charge on any atom is -0.360 e. The van der Waals surface area contributed by atoms with Gasteiger partial charge in [-0.2, -0.15) is 0 Å². The van der Waals surface area contributed by atoms with Crippen LogP contribution in [0.15, 0.2) is 0 Å². The van der Waals surface area contributed by atoms with E-state index in [-0.39, 0.29) is 5.78 Å². The summed E-state index contributed by atoms with van der Waals surface area (Å²) in [6, 6.07) is 0. The molecule has 1 aliphatic rings. The molecule has 0 aromatic rings. The van der Waals surface area contributed by atoms with Crippen molar-refractivity contribution in [2.45, 2.75) is 19.4 Å². The van der Waals surface area contributed by atoms with Crippen LogP contribution in [0.3, 0.4) is 0 Å². The lowest BCUT2D eigenvalue weighted by Crippen LogP contribution is -2.49. The molecule has 7 heavy (non-hydrogen) atoms. The Bertz CT molecular complexity index is 105. The molecular formula is C5H8O2. The van der Waals surface area contributed by atoms with Gasteiger partial charge in [0, 0.05) is 0 Å². The molecule has 0 atom stereocenters. The minimum atomic E-state index is -0.458. The third-order valence-electron chi connectivity index (χ3n) is 1.24. The zero-order valence-corrected chi connectivity index (χ0v) is 4.52. The summed E-state index contributed by atoms with van der Waals surface area (Å²) in [7, 11) is 0. The number of carbonyl (C=O) groups excluding carboxylic acids is 1. The molecule has 40 valence electrons. The van der Waals surface area contributed by atoms with E-state index in [9.17, 15) is 4.79 Å². The smallest absolute Gasteiger partial charge is 0.189 e. The highest BCUT2D eigenvalue weighted by molar-refractivity contribution is 5.91. The molecule has 0 unspecified atom stereocenters. The number of Topliss-reactive ketones (excluding diaryl/α,β-unsaturated/α-hetero) is 1. The van der Waals surface area contributed by atoms with Gasteiger partial charge in [0.2, 0.25) is 0 Å². The van der Waals surface area contributed by atoms with Crippen molar-refractivity contribution in [3.8, 4) is 0 Å². The molecule has 0 amide bonds. The molecule has 0 spiro atoms. The number of hydrogen-bond donors (Lipinski definition) is 0. The average Bonchev–Trinajstić information content (AvgIpc) is 1.63. The van der Waals surface area contributed by atoms with Gasteiger partial charge in [0.25, 0.3) is 0 Å². The van der Waals surface area contributed by atoms with Crippen molar-refractivity contribution < 1.29 is 9.53 Å². The number of ether oxygens (including phenoxy) is 1. The first-order chi connectivity index (χ1) is 3.13. The van der Waals surface area contributed by atoms with Gasteiger partial charge in [0.05, 0.1) is 0 Å².